The van der Waals surface area contributed by atoms with Gasteiger partial charge < -0.3 is 24.7 Å². The molecule has 4 rings (SSSR count). The minimum atomic E-state index is -0.753. The molecule has 0 bridgehead atoms. The molecule has 2 heterocycles. The molecule has 0 saturated heterocycles. The van der Waals surface area contributed by atoms with Gasteiger partial charge in [-0.1, -0.05) is 24.3 Å². The molecule has 0 amide bonds. The van der Waals surface area contributed by atoms with Crippen LogP contribution in [-0.2, 0) is 20.9 Å². The second-order valence-electron chi connectivity index (χ2n) is 7.81. The zero-order chi connectivity index (χ0) is 24.9. The third-order valence-corrected chi connectivity index (χ3v) is 5.72. The van der Waals surface area contributed by atoms with Crippen LogP contribution in [0.4, 0.5) is 0 Å². The molecule has 0 saturated carbocycles. The predicted octanol–water partition coefficient (Wildman–Crippen LogP) is 4.47. The monoisotopic (exact) mass is 471 g/mol. The van der Waals surface area contributed by atoms with E-state index in [4.69, 9.17) is 24.7 Å². The fourth-order valence-corrected chi connectivity index (χ4v) is 4.13. The summed E-state index contributed by atoms with van der Waals surface area (Å²) < 4.78 is 22.4. The molecule has 1 aliphatic rings. The summed E-state index contributed by atoms with van der Waals surface area (Å²) in [6, 6.07) is 17.0. The second-order valence-corrected chi connectivity index (χ2v) is 7.81. The predicted molar refractivity (Wildman–Crippen MR) is 129 cm³/mol. The molecule has 0 radical (unpaired) electrons. The quantitative estimate of drug-likeness (QED) is 0.502. The van der Waals surface area contributed by atoms with E-state index in [9.17, 15) is 10.1 Å². The molecular weight excluding hydrogens is 446 g/mol. The summed E-state index contributed by atoms with van der Waals surface area (Å²) in [4.78, 5) is 17.2. The van der Waals surface area contributed by atoms with Crippen molar-refractivity contribution in [1.29, 1.82) is 5.26 Å². The van der Waals surface area contributed by atoms with E-state index in [-0.39, 0.29) is 30.2 Å². The van der Waals surface area contributed by atoms with Gasteiger partial charge in [0.15, 0.2) is 0 Å². The lowest BCUT2D eigenvalue weighted by molar-refractivity contribution is -0.139. The molecule has 2 N–H and O–H groups in total. The molecule has 0 aliphatic carbocycles. The van der Waals surface area contributed by atoms with Crippen molar-refractivity contribution < 1.29 is 23.7 Å². The number of hydrogen-bond acceptors (Lipinski definition) is 8. The van der Waals surface area contributed by atoms with Gasteiger partial charge in [-0.05, 0) is 43.7 Å². The summed E-state index contributed by atoms with van der Waals surface area (Å²) in [7, 11) is 1.57. The molecule has 1 aliphatic heterocycles. The summed E-state index contributed by atoms with van der Waals surface area (Å²) in [6.07, 6.45) is 1.72. The van der Waals surface area contributed by atoms with E-state index in [1.807, 2.05) is 36.4 Å². The molecule has 1 unspecified atom stereocenters. The molecule has 0 fully saturated rings. The highest BCUT2D eigenvalue weighted by Crippen LogP contribution is 2.41. The van der Waals surface area contributed by atoms with Crippen LogP contribution in [0.2, 0.25) is 0 Å². The van der Waals surface area contributed by atoms with Crippen molar-refractivity contribution >= 4 is 16.9 Å². The Bertz CT molecular complexity index is 1380. The fraction of sp³-hybridized carbons (Fsp3) is 0.222. The molecule has 0 spiro atoms. The number of allylic oxidation sites excluding steroid dienone is 2. The van der Waals surface area contributed by atoms with Gasteiger partial charge in [0.25, 0.3) is 0 Å². The Morgan fingerprint density at radius 3 is 2.74 bits per heavy atom. The second kappa shape index (κ2) is 10.2. The largest absolute Gasteiger partial charge is 0.496 e. The van der Waals surface area contributed by atoms with E-state index < -0.39 is 11.9 Å². The Hall–Kier alpha value is -4.51. The van der Waals surface area contributed by atoms with Gasteiger partial charge in [-0.25, -0.2) is 4.79 Å². The van der Waals surface area contributed by atoms with Gasteiger partial charge in [-0.3, -0.25) is 4.98 Å². The smallest absolute Gasteiger partial charge is 0.338 e. The van der Waals surface area contributed by atoms with Crippen molar-refractivity contribution in [3.8, 4) is 17.6 Å². The number of carbonyl (C=O) groups excluding carboxylic acids is 1. The van der Waals surface area contributed by atoms with E-state index in [0.717, 1.165) is 16.5 Å². The number of benzene rings is 2. The number of fused-ring (bicyclic) bond motifs is 1. The fourth-order valence-electron chi connectivity index (χ4n) is 4.13. The van der Waals surface area contributed by atoms with Crippen molar-refractivity contribution in [1.82, 2.24) is 4.98 Å². The van der Waals surface area contributed by atoms with Crippen LogP contribution in [0.1, 0.15) is 30.9 Å². The maximum Gasteiger partial charge on any atom is 0.338 e. The Balaban J connectivity index is 1.74. The maximum atomic E-state index is 12.8. The van der Waals surface area contributed by atoms with Crippen molar-refractivity contribution in [2.75, 3.05) is 13.7 Å². The summed E-state index contributed by atoms with van der Waals surface area (Å²) in [5, 5.41) is 10.8. The van der Waals surface area contributed by atoms with Crippen LogP contribution in [0.15, 0.2) is 77.5 Å². The molecule has 8 heteroatoms. The summed E-state index contributed by atoms with van der Waals surface area (Å²) in [5.74, 6) is 0.163. The number of carbonyl (C=O) groups is 1. The molecule has 2 aromatic carbocycles. The Morgan fingerprint density at radius 2 is 2.00 bits per heavy atom. The number of methoxy groups -OCH3 is 1. The normalized spacial score (nSPS) is 15.4. The van der Waals surface area contributed by atoms with Gasteiger partial charge in [-0.15, -0.1) is 0 Å². The first-order chi connectivity index (χ1) is 17.0. The SMILES string of the molecule is CCOC(=O)C1=C(C)OC(N)=C(C#N)C1c1ccc(OC)c(COc2cccc3cccnc23)c1. The Kier molecular flexibility index (Phi) is 6.88. The maximum absolute atomic E-state index is 12.8. The van der Waals surface area contributed by atoms with E-state index >= 15 is 0 Å². The highest BCUT2D eigenvalue weighted by atomic mass is 16.5. The number of aromatic nitrogens is 1. The van der Waals surface area contributed by atoms with E-state index in [0.29, 0.717) is 22.8 Å². The molecular formula is C27H25N3O5. The lowest BCUT2D eigenvalue weighted by Gasteiger charge is -2.27. The van der Waals surface area contributed by atoms with E-state index in [1.165, 1.54) is 0 Å². The van der Waals surface area contributed by atoms with Gasteiger partial charge in [0.05, 0.1) is 25.2 Å². The van der Waals surface area contributed by atoms with Gasteiger partial charge in [0.2, 0.25) is 5.88 Å². The number of rotatable bonds is 7. The lowest BCUT2D eigenvalue weighted by Crippen LogP contribution is -2.25. The van der Waals surface area contributed by atoms with Gasteiger partial charge in [0.1, 0.15) is 41.0 Å². The van der Waals surface area contributed by atoms with Gasteiger partial charge >= 0.3 is 5.97 Å². The first-order valence-electron chi connectivity index (χ1n) is 11.1. The average molecular weight is 472 g/mol. The number of pyridine rings is 1. The first-order valence-corrected chi connectivity index (χ1v) is 11.1. The molecule has 1 aromatic heterocycles. The van der Waals surface area contributed by atoms with Crippen LogP contribution in [0.25, 0.3) is 10.9 Å². The van der Waals surface area contributed by atoms with Crippen molar-refractivity contribution in [3.05, 3.63) is 88.6 Å². The number of ether oxygens (including phenoxy) is 4. The van der Waals surface area contributed by atoms with Crippen molar-refractivity contribution in [3.63, 3.8) is 0 Å². The van der Waals surface area contributed by atoms with Crippen LogP contribution in [0.3, 0.4) is 0 Å². The van der Waals surface area contributed by atoms with Gasteiger partial charge in [0, 0.05) is 17.1 Å². The van der Waals surface area contributed by atoms with E-state index in [1.54, 1.807) is 39.3 Å². The third-order valence-electron chi connectivity index (χ3n) is 5.72. The zero-order valence-corrected chi connectivity index (χ0v) is 19.7. The van der Waals surface area contributed by atoms with Crippen LogP contribution in [0.5, 0.6) is 11.5 Å². The van der Waals surface area contributed by atoms with Crippen molar-refractivity contribution in [2.24, 2.45) is 5.73 Å². The Labute approximate surface area is 203 Å². The van der Waals surface area contributed by atoms with Gasteiger partial charge in [-0.2, -0.15) is 5.26 Å². The third kappa shape index (κ3) is 4.62. The zero-order valence-electron chi connectivity index (χ0n) is 19.7. The lowest BCUT2D eigenvalue weighted by atomic mass is 9.82. The van der Waals surface area contributed by atoms with E-state index in [2.05, 4.69) is 11.1 Å². The summed E-state index contributed by atoms with van der Waals surface area (Å²) in [6.45, 7) is 3.70. The highest BCUT2D eigenvalue weighted by molar-refractivity contribution is 5.92. The minimum absolute atomic E-state index is 0.0431. The summed E-state index contributed by atoms with van der Waals surface area (Å²) in [5.41, 5.74) is 8.51. The molecule has 35 heavy (non-hydrogen) atoms. The number of para-hydroxylation sites is 1. The molecule has 1 atom stereocenters. The van der Waals surface area contributed by atoms with Crippen LogP contribution < -0.4 is 15.2 Å². The number of hydrogen-bond donors (Lipinski definition) is 1. The minimum Gasteiger partial charge on any atom is -0.496 e. The topological polar surface area (TPSA) is 117 Å². The molecule has 3 aromatic rings. The van der Waals surface area contributed by atoms with Crippen molar-refractivity contribution in [2.45, 2.75) is 26.4 Å². The number of nitrogens with two attached hydrogens (primary N) is 1. The molecule has 178 valence electrons. The highest BCUT2D eigenvalue weighted by Gasteiger charge is 2.36. The van der Waals surface area contributed by atoms with Crippen LogP contribution in [0, 0.1) is 11.3 Å². The number of nitriles is 1. The standard InChI is InChI=1S/C27H25N3O5/c1-4-33-27(31)23-16(2)35-26(29)20(14-28)24(23)18-10-11-21(32-3)19(13-18)15-34-22-9-5-7-17-8-6-12-30-25(17)22/h5-13,24H,4,15,29H2,1-3H3. The number of esters is 1. The molecule has 8 nitrogen and oxygen atoms in total. The average Bonchev–Trinajstić information content (AvgIpc) is 2.87. The summed E-state index contributed by atoms with van der Waals surface area (Å²) >= 11 is 0. The van der Waals surface area contributed by atoms with Crippen LogP contribution >= 0.6 is 0 Å². The first kappa shape index (κ1) is 23.6. The number of nitrogens with zero attached hydrogens (tertiary/aromatic N) is 2. The van der Waals surface area contributed by atoms with Crippen LogP contribution in [-0.4, -0.2) is 24.7 Å². The Morgan fingerprint density at radius 1 is 1.20 bits per heavy atom.